The zero-order chi connectivity index (χ0) is 18.7. The lowest BCUT2D eigenvalue weighted by molar-refractivity contribution is -0.138. The molecule has 9 heteroatoms. The van der Waals surface area contributed by atoms with Gasteiger partial charge in [0.1, 0.15) is 5.75 Å². The van der Waals surface area contributed by atoms with Crippen LogP contribution in [0, 0.1) is 6.92 Å². The molecule has 1 amide bonds. The minimum atomic E-state index is -0.991. The molecule has 2 N–H and O–H groups in total. The van der Waals surface area contributed by atoms with Crippen molar-refractivity contribution in [3.63, 3.8) is 0 Å². The van der Waals surface area contributed by atoms with E-state index in [1.165, 1.54) is 0 Å². The average Bonchev–Trinajstić information content (AvgIpc) is 3.21. The van der Waals surface area contributed by atoms with Crippen LogP contribution in [0.25, 0.3) is 5.69 Å². The number of hydrogen-bond donors (Lipinski definition) is 2. The summed E-state index contributed by atoms with van der Waals surface area (Å²) in [5.74, 6) is -0.746. The predicted octanol–water partition coefficient (Wildman–Crippen LogP) is 0.948. The monoisotopic (exact) mass is 360 g/mol. The van der Waals surface area contributed by atoms with E-state index in [2.05, 4.69) is 15.6 Å². The maximum atomic E-state index is 12.7. The van der Waals surface area contributed by atoms with Crippen LogP contribution in [0.15, 0.2) is 24.3 Å². The smallest absolute Gasteiger partial charge is 0.305 e. The van der Waals surface area contributed by atoms with Crippen LogP contribution >= 0.6 is 0 Å². The molecule has 1 atom stereocenters. The molecule has 0 spiro atoms. The van der Waals surface area contributed by atoms with Gasteiger partial charge in [-0.25, -0.2) is 4.68 Å². The molecule has 2 aromatic rings. The highest BCUT2D eigenvalue weighted by molar-refractivity contribution is 5.94. The number of ether oxygens (including phenoxy) is 2. The highest BCUT2D eigenvalue weighted by atomic mass is 16.5. The number of nitrogens with one attached hydrogen (secondary N) is 1. The van der Waals surface area contributed by atoms with E-state index in [-0.39, 0.29) is 18.7 Å². The number of aromatic nitrogens is 3. The van der Waals surface area contributed by atoms with Gasteiger partial charge in [-0.1, -0.05) is 5.21 Å². The van der Waals surface area contributed by atoms with Crippen LogP contribution in [-0.4, -0.2) is 57.8 Å². The number of hydrogen-bond acceptors (Lipinski definition) is 6. The van der Waals surface area contributed by atoms with Crippen molar-refractivity contribution in [2.24, 2.45) is 0 Å². The lowest BCUT2D eigenvalue weighted by Crippen LogP contribution is -2.50. The number of carbonyl (C=O) groups is 2. The normalized spacial score (nSPS) is 19.3. The minimum absolute atomic E-state index is 0.150. The van der Waals surface area contributed by atoms with Gasteiger partial charge < -0.3 is 19.9 Å². The van der Waals surface area contributed by atoms with E-state index in [1.807, 2.05) is 0 Å². The van der Waals surface area contributed by atoms with E-state index in [0.717, 1.165) is 5.69 Å². The highest BCUT2D eigenvalue weighted by Gasteiger charge is 2.39. The maximum Gasteiger partial charge on any atom is 0.305 e. The SMILES string of the molecule is COc1ccc(-n2nnc(C(=O)NC3(CC(=O)O)CCOC3)c2C)cc1. The summed E-state index contributed by atoms with van der Waals surface area (Å²) in [4.78, 5) is 23.8. The second kappa shape index (κ2) is 7.12. The van der Waals surface area contributed by atoms with Crippen molar-refractivity contribution in [3.05, 3.63) is 35.7 Å². The second-order valence-corrected chi connectivity index (χ2v) is 6.24. The lowest BCUT2D eigenvalue weighted by atomic mass is 9.94. The first-order valence-electron chi connectivity index (χ1n) is 8.13. The fourth-order valence-corrected chi connectivity index (χ4v) is 2.99. The summed E-state index contributed by atoms with van der Waals surface area (Å²) in [5.41, 5.74) is 0.521. The van der Waals surface area contributed by atoms with Crippen molar-refractivity contribution in [2.75, 3.05) is 20.3 Å². The zero-order valence-corrected chi connectivity index (χ0v) is 14.6. The van der Waals surface area contributed by atoms with E-state index in [0.29, 0.717) is 24.5 Å². The Hall–Kier alpha value is -2.94. The molecule has 0 radical (unpaired) electrons. The Kier molecular flexibility index (Phi) is 4.90. The van der Waals surface area contributed by atoms with Crippen LogP contribution in [0.2, 0.25) is 0 Å². The number of nitrogens with zero attached hydrogens (tertiary/aromatic N) is 3. The molecule has 0 aliphatic carbocycles. The standard InChI is InChI=1S/C17H20N4O5/c1-11-15(16(24)18-17(9-14(22)23)7-8-26-10-17)19-20-21(11)12-3-5-13(25-2)6-4-12/h3-6H,7-10H2,1-2H3,(H,18,24)(H,22,23). The molecular weight excluding hydrogens is 340 g/mol. The van der Waals surface area contributed by atoms with Crippen LogP contribution in [0.5, 0.6) is 5.75 Å². The number of carboxylic acid groups (broad SMARTS) is 1. The van der Waals surface area contributed by atoms with E-state index >= 15 is 0 Å². The first-order chi connectivity index (χ1) is 12.4. The molecule has 0 saturated carbocycles. The van der Waals surface area contributed by atoms with E-state index in [9.17, 15) is 9.59 Å². The van der Waals surface area contributed by atoms with Crippen LogP contribution < -0.4 is 10.1 Å². The molecule has 1 aliphatic rings. The van der Waals surface area contributed by atoms with Gasteiger partial charge in [0.25, 0.3) is 5.91 Å². The number of rotatable bonds is 6. The summed E-state index contributed by atoms with van der Waals surface area (Å²) < 4.78 is 12.0. The van der Waals surface area contributed by atoms with Crippen molar-refractivity contribution in [3.8, 4) is 11.4 Å². The van der Waals surface area contributed by atoms with Gasteiger partial charge in [0.15, 0.2) is 5.69 Å². The molecule has 1 unspecified atom stereocenters. The average molecular weight is 360 g/mol. The van der Waals surface area contributed by atoms with Crippen LogP contribution in [-0.2, 0) is 9.53 Å². The maximum absolute atomic E-state index is 12.7. The fraction of sp³-hybridized carbons (Fsp3) is 0.412. The molecular formula is C17H20N4O5. The topological polar surface area (TPSA) is 116 Å². The largest absolute Gasteiger partial charge is 0.497 e. The Labute approximate surface area is 149 Å². The summed E-state index contributed by atoms with van der Waals surface area (Å²) in [7, 11) is 1.58. The first-order valence-corrected chi connectivity index (χ1v) is 8.13. The van der Waals surface area contributed by atoms with Gasteiger partial charge in [-0.05, 0) is 37.6 Å². The highest BCUT2D eigenvalue weighted by Crippen LogP contribution is 2.24. The fourth-order valence-electron chi connectivity index (χ4n) is 2.99. The molecule has 1 aromatic carbocycles. The number of amides is 1. The summed E-state index contributed by atoms with van der Waals surface area (Å²) in [5, 5.41) is 19.9. The van der Waals surface area contributed by atoms with Crippen LogP contribution in [0.3, 0.4) is 0 Å². The van der Waals surface area contributed by atoms with Crippen molar-refractivity contribution in [2.45, 2.75) is 25.3 Å². The van der Waals surface area contributed by atoms with Crippen molar-refractivity contribution >= 4 is 11.9 Å². The Balaban J connectivity index is 1.82. The molecule has 26 heavy (non-hydrogen) atoms. The number of aliphatic carboxylic acids is 1. The summed E-state index contributed by atoms with van der Waals surface area (Å²) >= 11 is 0. The molecule has 1 saturated heterocycles. The molecule has 138 valence electrons. The molecule has 0 bridgehead atoms. The van der Waals surface area contributed by atoms with E-state index < -0.39 is 17.4 Å². The number of methoxy groups -OCH3 is 1. The minimum Gasteiger partial charge on any atom is -0.497 e. The third-order valence-electron chi connectivity index (χ3n) is 4.40. The van der Waals surface area contributed by atoms with Crippen LogP contribution in [0.1, 0.15) is 29.0 Å². The summed E-state index contributed by atoms with van der Waals surface area (Å²) in [6.07, 6.45) is 0.237. The number of carboxylic acids is 1. The Morgan fingerprint density at radius 1 is 1.38 bits per heavy atom. The Morgan fingerprint density at radius 2 is 2.12 bits per heavy atom. The summed E-state index contributed by atoms with van der Waals surface area (Å²) in [6.45, 7) is 2.30. The molecule has 1 aliphatic heterocycles. The second-order valence-electron chi connectivity index (χ2n) is 6.24. The van der Waals surface area contributed by atoms with Gasteiger partial charge in [-0.15, -0.1) is 5.10 Å². The quantitative estimate of drug-likeness (QED) is 0.788. The number of carbonyl (C=O) groups excluding carboxylic acids is 1. The first kappa shape index (κ1) is 17.9. The van der Waals surface area contributed by atoms with Gasteiger partial charge in [-0.2, -0.15) is 0 Å². The van der Waals surface area contributed by atoms with Gasteiger partial charge in [-0.3, -0.25) is 9.59 Å². The molecule has 1 fully saturated rings. The molecule has 3 rings (SSSR count). The molecule has 2 heterocycles. The number of benzene rings is 1. The molecule has 9 nitrogen and oxygen atoms in total. The van der Waals surface area contributed by atoms with Crippen LogP contribution in [0.4, 0.5) is 0 Å². The van der Waals surface area contributed by atoms with Gasteiger partial charge >= 0.3 is 5.97 Å². The Morgan fingerprint density at radius 3 is 2.69 bits per heavy atom. The third kappa shape index (κ3) is 3.52. The molecule has 1 aromatic heterocycles. The van der Waals surface area contributed by atoms with Gasteiger partial charge in [0, 0.05) is 6.61 Å². The van der Waals surface area contributed by atoms with Crippen molar-refractivity contribution in [1.29, 1.82) is 0 Å². The Bertz CT molecular complexity index is 809. The summed E-state index contributed by atoms with van der Waals surface area (Å²) in [6, 6.07) is 7.18. The lowest BCUT2D eigenvalue weighted by Gasteiger charge is -2.26. The zero-order valence-electron chi connectivity index (χ0n) is 14.6. The third-order valence-corrected chi connectivity index (χ3v) is 4.40. The predicted molar refractivity (Wildman–Crippen MR) is 90.5 cm³/mol. The van der Waals surface area contributed by atoms with Crippen molar-refractivity contribution in [1.82, 2.24) is 20.3 Å². The van der Waals surface area contributed by atoms with Gasteiger partial charge in [0.05, 0.1) is 37.1 Å². The van der Waals surface area contributed by atoms with Crippen molar-refractivity contribution < 1.29 is 24.2 Å². The van der Waals surface area contributed by atoms with E-state index in [1.54, 1.807) is 43.0 Å². The van der Waals surface area contributed by atoms with Gasteiger partial charge in [0.2, 0.25) is 0 Å². The van der Waals surface area contributed by atoms with E-state index in [4.69, 9.17) is 14.6 Å².